The zero-order valence-corrected chi connectivity index (χ0v) is 13.7. The molecule has 3 aromatic rings. The molecule has 0 N–H and O–H groups in total. The van der Waals surface area contributed by atoms with Gasteiger partial charge in [-0.2, -0.15) is 5.10 Å². The maximum absolute atomic E-state index is 5.47. The highest BCUT2D eigenvalue weighted by molar-refractivity contribution is 5.80. The van der Waals surface area contributed by atoms with Crippen molar-refractivity contribution in [1.29, 1.82) is 0 Å². The SMILES string of the molecule is COc1ccccc1-n1nc(C)c2ccc(C(C)(C)C)nc21. The lowest BCUT2D eigenvalue weighted by Gasteiger charge is -2.17. The van der Waals surface area contributed by atoms with Crippen LogP contribution in [0.2, 0.25) is 0 Å². The Balaban J connectivity index is 2.30. The van der Waals surface area contributed by atoms with Gasteiger partial charge < -0.3 is 4.74 Å². The summed E-state index contributed by atoms with van der Waals surface area (Å²) >= 11 is 0. The molecule has 2 heterocycles. The number of benzene rings is 1. The summed E-state index contributed by atoms with van der Waals surface area (Å²) in [5.41, 5.74) is 3.79. The van der Waals surface area contributed by atoms with Crippen LogP contribution in [-0.2, 0) is 5.41 Å². The van der Waals surface area contributed by atoms with Crippen LogP contribution in [0.5, 0.6) is 5.75 Å². The fourth-order valence-electron chi connectivity index (χ4n) is 2.53. The predicted molar refractivity (Wildman–Crippen MR) is 88.9 cm³/mol. The summed E-state index contributed by atoms with van der Waals surface area (Å²) in [6, 6.07) is 12.1. The van der Waals surface area contributed by atoms with E-state index in [1.807, 2.05) is 35.9 Å². The number of aryl methyl sites for hydroxylation is 1. The Morgan fingerprint density at radius 1 is 1.05 bits per heavy atom. The van der Waals surface area contributed by atoms with Crippen molar-refractivity contribution < 1.29 is 4.74 Å². The molecule has 22 heavy (non-hydrogen) atoms. The lowest BCUT2D eigenvalue weighted by molar-refractivity contribution is 0.412. The molecule has 4 nitrogen and oxygen atoms in total. The predicted octanol–water partition coefficient (Wildman–Crippen LogP) is 4.04. The molecule has 0 spiro atoms. The van der Waals surface area contributed by atoms with Crippen LogP contribution in [0, 0.1) is 6.92 Å². The van der Waals surface area contributed by atoms with E-state index in [-0.39, 0.29) is 5.41 Å². The molecule has 0 atom stereocenters. The summed E-state index contributed by atoms with van der Waals surface area (Å²) in [7, 11) is 1.67. The van der Waals surface area contributed by atoms with Gasteiger partial charge in [0.2, 0.25) is 0 Å². The number of ether oxygens (including phenoxy) is 1. The highest BCUT2D eigenvalue weighted by Crippen LogP contribution is 2.29. The lowest BCUT2D eigenvalue weighted by atomic mass is 9.91. The van der Waals surface area contributed by atoms with Gasteiger partial charge in [-0.1, -0.05) is 32.9 Å². The van der Waals surface area contributed by atoms with E-state index in [1.165, 1.54) is 0 Å². The average Bonchev–Trinajstić information content (AvgIpc) is 2.83. The molecule has 0 aliphatic heterocycles. The normalized spacial score (nSPS) is 11.9. The van der Waals surface area contributed by atoms with Crippen molar-refractivity contribution in [2.75, 3.05) is 7.11 Å². The molecule has 0 aliphatic rings. The maximum Gasteiger partial charge on any atom is 0.163 e. The molecule has 4 heteroatoms. The van der Waals surface area contributed by atoms with Crippen LogP contribution in [0.25, 0.3) is 16.7 Å². The van der Waals surface area contributed by atoms with Crippen molar-refractivity contribution in [3.8, 4) is 11.4 Å². The van der Waals surface area contributed by atoms with Crippen molar-refractivity contribution in [2.45, 2.75) is 33.1 Å². The Hall–Kier alpha value is -2.36. The summed E-state index contributed by atoms with van der Waals surface area (Å²) in [4.78, 5) is 4.86. The monoisotopic (exact) mass is 295 g/mol. The minimum Gasteiger partial charge on any atom is -0.494 e. The molecule has 0 fully saturated rings. The van der Waals surface area contributed by atoms with E-state index in [4.69, 9.17) is 9.72 Å². The first-order chi connectivity index (χ1) is 10.4. The van der Waals surface area contributed by atoms with Crippen molar-refractivity contribution >= 4 is 11.0 Å². The third kappa shape index (κ3) is 2.34. The molecule has 0 aliphatic carbocycles. The van der Waals surface area contributed by atoms with Crippen LogP contribution in [0.4, 0.5) is 0 Å². The molecule has 1 aromatic carbocycles. The van der Waals surface area contributed by atoms with Crippen LogP contribution in [0.15, 0.2) is 36.4 Å². The average molecular weight is 295 g/mol. The summed E-state index contributed by atoms with van der Waals surface area (Å²) in [6.45, 7) is 8.50. The van der Waals surface area contributed by atoms with Gasteiger partial charge in [0.05, 0.1) is 12.8 Å². The van der Waals surface area contributed by atoms with E-state index in [2.05, 4.69) is 38.0 Å². The zero-order valence-electron chi connectivity index (χ0n) is 13.7. The number of aromatic nitrogens is 3. The number of methoxy groups -OCH3 is 1. The number of hydrogen-bond donors (Lipinski definition) is 0. The molecule has 3 rings (SSSR count). The molecule has 0 radical (unpaired) electrons. The van der Waals surface area contributed by atoms with Gasteiger partial charge in [0.15, 0.2) is 5.65 Å². The second-order valence-electron chi connectivity index (χ2n) is 6.49. The second kappa shape index (κ2) is 5.13. The van der Waals surface area contributed by atoms with Crippen LogP contribution in [-0.4, -0.2) is 21.9 Å². The number of nitrogens with zero attached hydrogens (tertiary/aromatic N) is 3. The van der Waals surface area contributed by atoms with Gasteiger partial charge in [0, 0.05) is 16.5 Å². The van der Waals surface area contributed by atoms with E-state index in [0.717, 1.165) is 33.9 Å². The van der Waals surface area contributed by atoms with E-state index < -0.39 is 0 Å². The van der Waals surface area contributed by atoms with Crippen LogP contribution < -0.4 is 4.74 Å². The molecular formula is C18H21N3O. The molecule has 0 bridgehead atoms. The van der Waals surface area contributed by atoms with Crippen LogP contribution >= 0.6 is 0 Å². The largest absolute Gasteiger partial charge is 0.494 e. The van der Waals surface area contributed by atoms with Gasteiger partial charge in [0.1, 0.15) is 11.4 Å². The molecule has 0 saturated heterocycles. The van der Waals surface area contributed by atoms with Crippen molar-refractivity contribution in [3.05, 3.63) is 47.8 Å². The Kier molecular flexibility index (Phi) is 3.39. The summed E-state index contributed by atoms with van der Waals surface area (Å²) in [5.74, 6) is 0.787. The van der Waals surface area contributed by atoms with Gasteiger partial charge in [-0.15, -0.1) is 0 Å². The fourth-order valence-corrected chi connectivity index (χ4v) is 2.53. The fraction of sp³-hybridized carbons (Fsp3) is 0.333. The highest BCUT2D eigenvalue weighted by atomic mass is 16.5. The number of pyridine rings is 1. The quantitative estimate of drug-likeness (QED) is 0.716. The minimum atomic E-state index is -0.00201. The highest BCUT2D eigenvalue weighted by Gasteiger charge is 2.19. The zero-order chi connectivity index (χ0) is 15.9. The lowest BCUT2D eigenvalue weighted by Crippen LogP contribution is -2.13. The third-order valence-corrected chi connectivity index (χ3v) is 3.80. The number of hydrogen-bond acceptors (Lipinski definition) is 3. The van der Waals surface area contributed by atoms with Gasteiger partial charge in [-0.25, -0.2) is 9.67 Å². The number of para-hydroxylation sites is 2. The Labute approximate surface area is 130 Å². The molecule has 0 amide bonds. The van der Waals surface area contributed by atoms with Crippen molar-refractivity contribution in [2.24, 2.45) is 0 Å². The first-order valence-electron chi connectivity index (χ1n) is 7.42. The van der Waals surface area contributed by atoms with Gasteiger partial charge in [-0.05, 0) is 31.2 Å². The van der Waals surface area contributed by atoms with Gasteiger partial charge in [0.25, 0.3) is 0 Å². The first-order valence-corrected chi connectivity index (χ1v) is 7.42. The van der Waals surface area contributed by atoms with Crippen LogP contribution in [0.3, 0.4) is 0 Å². The molecule has 114 valence electrons. The summed E-state index contributed by atoms with van der Waals surface area (Å²) in [5, 5.41) is 5.73. The maximum atomic E-state index is 5.47. The summed E-state index contributed by atoms with van der Waals surface area (Å²) in [6.07, 6.45) is 0. The smallest absolute Gasteiger partial charge is 0.163 e. The Morgan fingerprint density at radius 3 is 2.45 bits per heavy atom. The van der Waals surface area contributed by atoms with Gasteiger partial charge >= 0.3 is 0 Å². The second-order valence-corrected chi connectivity index (χ2v) is 6.49. The molecule has 2 aromatic heterocycles. The van der Waals surface area contributed by atoms with E-state index in [0.29, 0.717) is 0 Å². The summed E-state index contributed by atoms with van der Waals surface area (Å²) < 4.78 is 7.34. The molecule has 0 saturated carbocycles. The topological polar surface area (TPSA) is 39.9 Å². The Morgan fingerprint density at radius 2 is 1.77 bits per heavy atom. The standard InChI is InChI=1S/C18H21N3O/c1-12-13-10-11-16(18(2,3)4)19-17(13)21(20-12)14-8-6-7-9-15(14)22-5/h6-11H,1-5H3. The van der Waals surface area contributed by atoms with Crippen LogP contribution in [0.1, 0.15) is 32.2 Å². The van der Waals surface area contributed by atoms with E-state index >= 15 is 0 Å². The number of fused-ring (bicyclic) bond motifs is 1. The van der Waals surface area contributed by atoms with E-state index in [9.17, 15) is 0 Å². The Bertz CT molecular complexity index is 828. The molecule has 0 unspecified atom stereocenters. The van der Waals surface area contributed by atoms with Gasteiger partial charge in [-0.3, -0.25) is 0 Å². The first kappa shape index (κ1) is 14.6. The molecular weight excluding hydrogens is 274 g/mol. The number of rotatable bonds is 2. The van der Waals surface area contributed by atoms with E-state index in [1.54, 1.807) is 7.11 Å². The third-order valence-electron chi connectivity index (χ3n) is 3.80. The minimum absolute atomic E-state index is 0.00201. The van der Waals surface area contributed by atoms with Crippen molar-refractivity contribution in [1.82, 2.24) is 14.8 Å². The van der Waals surface area contributed by atoms with Crippen molar-refractivity contribution in [3.63, 3.8) is 0 Å².